The fraction of sp³-hybridized carbons (Fsp3) is 0.143. The number of hydrogen-bond acceptors (Lipinski definition) is 7. The molecule has 4 N–H and O–H groups in total. The number of aromatic amines is 1. The third-order valence-corrected chi connectivity index (χ3v) is 7.01. The zero-order valence-corrected chi connectivity index (χ0v) is 21.0. The van der Waals surface area contributed by atoms with E-state index in [0.29, 0.717) is 28.8 Å². The predicted molar refractivity (Wildman–Crippen MR) is 145 cm³/mol. The molecule has 1 aliphatic rings. The zero-order valence-electron chi connectivity index (χ0n) is 21.0. The molecule has 11 heteroatoms. The van der Waals surface area contributed by atoms with Crippen molar-refractivity contribution in [1.29, 1.82) is 0 Å². The number of hydrogen-bond donors (Lipinski definition) is 3. The van der Waals surface area contributed by atoms with Gasteiger partial charge in [0.05, 0.1) is 11.6 Å². The lowest BCUT2D eigenvalue weighted by atomic mass is 10.1. The number of carbonyl (C=O) groups is 1. The number of nitrogen functional groups attached to an aromatic ring is 1. The van der Waals surface area contributed by atoms with E-state index < -0.39 is 0 Å². The summed E-state index contributed by atoms with van der Waals surface area (Å²) in [7, 11) is 0. The number of imidazole rings is 1. The van der Waals surface area contributed by atoms with Gasteiger partial charge in [-0.05, 0) is 79.4 Å². The van der Waals surface area contributed by atoms with Gasteiger partial charge < -0.3 is 11.1 Å². The summed E-state index contributed by atoms with van der Waals surface area (Å²) >= 11 is 0. The van der Waals surface area contributed by atoms with E-state index in [2.05, 4.69) is 37.7 Å². The molecule has 0 saturated heterocycles. The number of nitrogens with zero attached hydrogens (tertiary/aromatic N) is 7. The lowest BCUT2D eigenvalue weighted by Crippen LogP contribution is -2.27. The summed E-state index contributed by atoms with van der Waals surface area (Å²) in [6, 6.07) is 17.3. The van der Waals surface area contributed by atoms with Crippen molar-refractivity contribution in [2.45, 2.75) is 25.8 Å². The van der Waals surface area contributed by atoms with Gasteiger partial charge in [0.1, 0.15) is 17.0 Å². The normalized spacial score (nSPS) is 14.5. The fourth-order valence-electron chi connectivity index (χ4n) is 5.17. The Morgan fingerprint density at radius 1 is 1.10 bits per heavy atom. The summed E-state index contributed by atoms with van der Waals surface area (Å²) in [5, 5.41) is 14.4. The van der Waals surface area contributed by atoms with Crippen LogP contribution in [0.4, 0.5) is 5.82 Å². The molecule has 1 aromatic carbocycles. The van der Waals surface area contributed by atoms with E-state index in [4.69, 9.17) is 15.7 Å². The van der Waals surface area contributed by atoms with Crippen LogP contribution < -0.4 is 11.1 Å². The first-order valence-corrected chi connectivity index (χ1v) is 12.6. The number of H-pyrrole nitrogens is 1. The maximum Gasteiger partial charge on any atom is 0.272 e. The number of rotatable bonds is 5. The average Bonchev–Trinajstić information content (AvgIpc) is 3.75. The molecule has 11 nitrogen and oxygen atoms in total. The van der Waals surface area contributed by atoms with Crippen LogP contribution in [0.15, 0.2) is 73.2 Å². The van der Waals surface area contributed by atoms with E-state index in [1.165, 1.54) is 0 Å². The van der Waals surface area contributed by atoms with Crippen molar-refractivity contribution in [3.8, 4) is 22.9 Å². The van der Waals surface area contributed by atoms with Gasteiger partial charge in [-0.3, -0.25) is 14.5 Å². The Balaban J connectivity index is 1.32. The largest absolute Gasteiger partial charge is 0.383 e. The molecule has 6 aromatic rings. The number of pyridine rings is 2. The quantitative estimate of drug-likeness (QED) is 0.317. The Kier molecular flexibility index (Phi) is 5.22. The molecule has 1 atom stereocenters. The molecule has 7 rings (SSSR count). The molecule has 0 aliphatic heterocycles. The molecular formula is C28H24N10O. The number of anilines is 1. The highest BCUT2D eigenvalue weighted by molar-refractivity contribution is 5.92. The maximum absolute atomic E-state index is 12.7. The van der Waals surface area contributed by atoms with Gasteiger partial charge in [-0.15, -0.1) is 0 Å². The maximum atomic E-state index is 12.7. The van der Waals surface area contributed by atoms with Crippen LogP contribution in [0.25, 0.3) is 34.1 Å². The average molecular weight is 517 g/mol. The van der Waals surface area contributed by atoms with Crippen molar-refractivity contribution in [3.63, 3.8) is 0 Å². The first-order valence-electron chi connectivity index (χ1n) is 12.6. The van der Waals surface area contributed by atoms with Gasteiger partial charge in [-0.2, -0.15) is 10.2 Å². The second-order valence-electron chi connectivity index (χ2n) is 9.55. The molecule has 192 valence electrons. The Morgan fingerprint density at radius 2 is 2.03 bits per heavy atom. The first-order chi connectivity index (χ1) is 19.0. The van der Waals surface area contributed by atoms with Crippen LogP contribution in [0.2, 0.25) is 0 Å². The minimum atomic E-state index is -0.188. The lowest BCUT2D eigenvalue weighted by Gasteiger charge is -2.15. The van der Waals surface area contributed by atoms with Gasteiger partial charge in [0.2, 0.25) is 0 Å². The number of fused-ring (bicyclic) bond motifs is 2. The Hall–Kier alpha value is -5.32. The van der Waals surface area contributed by atoms with E-state index in [-0.39, 0.29) is 11.9 Å². The van der Waals surface area contributed by atoms with E-state index in [1.54, 1.807) is 23.1 Å². The third kappa shape index (κ3) is 3.91. The summed E-state index contributed by atoms with van der Waals surface area (Å²) < 4.78 is 3.72. The molecule has 0 spiro atoms. The highest BCUT2D eigenvalue weighted by Gasteiger charge is 2.27. The van der Waals surface area contributed by atoms with Crippen LogP contribution >= 0.6 is 0 Å². The number of benzene rings is 1. The van der Waals surface area contributed by atoms with E-state index in [9.17, 15) is 4.79 Å². The van der Waals surface area contributed by atoms with E-state index >= 15 is 0 Å². The standard InChI is InChI=1S/C28H24N10O/c1-16-14-23(36-35-16)28(39)33-21-8-5-17-15-18(6-7-19(17)21)38-26(20-4-2-11-30-25(20)29)32-22-9-10-24(34-27(22)38)37-13-3-12-31-37/h2-4,6-7,9-15,21H,5,8H2,1H3,(H2,29,30)(H,33,39)(H,35,36)/t21-/m0/s1. The Bertz CT molecular complexity index is 1850. The van der Waals surface area contributed by atoms with Crippen molar-refractivity contribution < 1.29 is 4.79 Å². The topological polar surface area (TPSA) is 145 Å². The SMILES string of the molecule is Cc1cc(C(=O)N[C@H]2CCc3cc(-n4c(-c5cccnc5N)nc5ccc(-n6cccn6)nc54)ccc32)n[nH]1. The molecule has 0 unspecified atom stereocenters. The smallest absolute Gasteiger partial charge is 0.272 e. The van der Waals surface area contributed by atoms with Crippen molar-refractivity contribution in [2.75, 3.05) is 5.73 Å². The van der Waals surface area contributed by atoms with Gasteiger partial charge in [0.15, 0.2) is 17.3 Å². The Morgan fingerprint density at radius 3 is 2.82 bits per heavy atom. The Labute approximate surface area is 222 Å². The van der Waals surface area contributed by atoms with Gasteiger partial charge in [-0.1, -0.05) is 6.07 Å². The highest BCUT2D eigenvalue weighted by Crippen LogP contribution is 2.36. The molecule has 0 radical (unpaired) electrons. The molecule has 1 aliphatic carbocycles. The van der Waals surface area contributed by atoms with Gasteiger partial charge in [0, 0.05) is 30.0 Å². The lowest BCUT2D eigenvalue weighted by molar-refractivity contribution is 0.0931. The summed E-state index contributed by atoms with van der Waals surface area (Å²) in [6.45, 7) is 1.87. The van der Waals surface area contributed by atoms with Crippen LogP contribution in [0.5, 0.6) is 0 Å². The first kappa shape index (κ1) is 22.8. The van der Waals surface area contributed by atoms with Crippen LogP contribution in [0.3, 0.4) is 0 Å². The molecule has 0 saturated carbocycles. The minimum Gasteiger partial charge on any atom is -0.383 e. The third-order valence-electron chi connectivity index (χ3n) is 7.01. The number of carbonyl (C=O) groups excluding carboxylic acids is 1. The molecule has 0 fully saturated rings. The van der Waals surface area contributed by atoms with Crippen LogP contribution in [0, 0.1) is 6.92 Å². The predicted octanol–water partition coefficient (Wildman–Crippen LogP) is 3.70. The number of aryl methyl sites for hydroxylation is 2. The molecule has 5 heterocycles. The van der Waals surface area contributed by atoms with Crippen LogP contribution in [-0.2, 0) is 6.42 Å². The van der Waals surface area contributed by atoms with E-state index in [1.807, 2.05) is 54.1 Å². The summed E-state index contributed by atoms with van der Waals surface area (Å²) in [5.41, 5.74) is 12.8. The summed E-state index contributed by atoms with van der Waals surface area (Å²) in [4.78, 5) is 26.9. The number of amides is 1. The monoisotopic (exact) mass is 516 g/mol. The summed E-state index contributed by atoms with van der Waals surface area (Å²) in [6.07, 6.45) is 6.87. The molecule has 39 heavy (non-hydrogen) atoms. The van der Waals surface area contributed by atoms with Crippen molar-refractivity contribution >= 4 is 22.9 Å². The second kappa shape index (κ2) is 8.91. The molecular weight excluding hydrogens is 492 g/mol. The zero-order chi connectivity index (χ0) is 26.5. The number of nitrogens with one attached hydrogen (secondary N) is 2. The molecule has 5 aromatic heterocycles. The van der Waals surface area contributed by atoms with Gasteiger partial charge >= 0.3 is 0 Å². The second-order valence-corrected chi connectivity index (χ2v) is 9.55. The molecule has 0 bridgehead atoms. The van der Waals surface area contributed by atoms with Crippen LogP contribution in [0.1, 0.15) is 39.8 Å². The highest BCUT2D eigenvalue weighted by atomic mass is 16.2. The van der Waals surface area contributed by atoms with Gasteiger partial charge in [-0.25, -0.2) is 19.6 Å². The van der Waals surface area contributed by atoms with E-state index in [0.717, 1.165) is 46.4 Å². The number of nitrogens with two attached hydrogens (primary N) is 1. The van der Waals surface area contributed by atoms with Crippen molar-refractivity contribution in [1.82, 2.24) is 44.8 Å². The number of aromatic nitrogens is 8. The van der Waals surface area contributed by atoms with Crippen molar-refractivity contribution in [3.05, 3.63) is 95.7 Å². The minimum absolute atomic E-state index is 0.0870. The van der Waals surface area contributed by atoms with Crippen molar-refractivity contribution in [2.24, 2.45) is 0 Å². The van der Waals surface area contributed by atoms with Crippen LogP contribution in [-0.4, -0.2) is 45.4 Å². The molecule has 1 amide bonds. The van der Waals surface area contributed by atoms with Gasteiger partial charge in [0.25, 0.3) is 5.91 Å². The summed E-state index contributed by atoms with van der Waals surface area (Å²) in [5.74, 6) is 1.53. The fourth-order valence-corrected chi connectivity index (χ4v) is 5.17.